The molecule has 2 aliphatic rings. The van der Waals surface area contributed by atoms with Gasteiger partial charge in [-0.2, -0.15) is 0 Å². The minimum absolute atomic E-state index is 0.0929. The Balaban J connectivity index is 1.30. The Morgan fingerprint density at radius 3 is 1.35 bits per heavy atom. The van der Waals surface area contributed by atoms with E-state index in [0.29, 0.717) is 6.42 Å². The lowest BCUT2D eigenvalue weighted by molar-refractivity contribution is -0.0698. The molecule has 8 unspecified atom stereocenters. The fourth-order valence-electron chi connectivity index (χ4n) is 7.19. The number of nitrogens with zero attached hydrogens (tertiary/aromatic N) is 2. The highest BCUT2D eigenvalue weighted by Gasteiger charge is 2.57. The van der Waals surface area contributed by atoms with Crippen LogP contribution >= 0.6 is 7.82 Å². The predicted molar refractivity (Wildman–Crippen MR) is 207 cm³/mol. The molecule has 0 bridgehead atoms. The van der Waals surface area contributed by atoms with Crippen molar-refractivity contribution in [2.75, 3.05) is 19.8 Å². The van der Waals surface area contributed by atoms with E-state index in [0.717, 1.165) is 73.2 Å². The van der Waals surface area contributed by atoms with Gasteiger partial charge >= 0.3 is 19.2 Å². The number of hydrogen-bond acceptors (Lipinski definition) is 12. The lowest BCUT2D eigenvalue weighted by Crippen LogP contribution is -2.43. The van der Waals surface area contributed by atoms with Gasteiger partial charge in [0.15, 0.2) is 23.8 Å². The highest BCUT2D eigenvalue weighted by Crippen LogP contribution is 2.52. The zero-order valence-corrected chi connectivity index (χ0v) is 34.2. The topological polar surface area (TPSA) is 213 Å². The number of phosphoric acid groups is 1. The Morgan fingerprint density at radius 2 is 1.00 bits per heavy atom. The van der Waals surface area contributed by atoms with Gasteiger partial charge in [0, 0.05) is 24.5 Å². The maximum atomic E-state index is 15.8. The molecule has 0 spiro atoms. The molecule has 16 nitrogen and oxygen atoms in total. The fraction of sp³-hybridized carbons (Fsp3) is 0.789. The molecule has 4 N–H and O–H groups in total. The number of halogens is 2. The second-order valence-electron chi connectivity index (χ2n) is 15.5. The number of aromatic nitrogens is 4. The number of unbranched alkanes of at least 4 members (excludes halogenated alkanes) is 15. The van der Waals surface area contributed by atoms with Gasteiger partial charge in [-0.15, -0.1) is 0 Å². The van der Waals surface area contributed by atoms with Crippen LogP contribution in [0.4, 0.5) is 8.78 Å². The van der Waals surface area contributed by atoms with Crippen LogP contribution in [0.1, 0.15) is 136 Å². The Bertz CT molecular complexity index is 1710. The molecule has 2 aliphatic heterocycles. The van der Waals surface area contributed by atoms with Gasteiger partial charge in [-0.25, -0.2) is 22.9 Å². The van der Waals surface area contributed by atoms with Gasteiger partial charge in [0.1, 0.15) is 24.4 Å². The van der Waals surface area contributed by atoms with Crippen molar-refractivity contribution in [3.63, 3.8) is 0 Å². The third-order valence-corrected chi connectivity index (χ3v) is 12.1. The first-order valence-electron chi connectivity index (χ1n) is 20.3. The van der Waals surface area contributed by atoms with Crippen molar-refractivity contribution >= 4 is 7.82 Å². The summed E-state index contributed by atoms with van der Waals surface area (Å²) in [4.78, 5) is 51.8. The molecule has 2 saturated heterocycles. The van der Waals surface area contributed by atoms with E-state index in [4.69, 9.17) is 23.0 Å². The standard InChI is InChI=1S/C38H61F2N4O12P/c1-4-5-6-7-8-9-10-11-12-13-14-15-16-17-18-19-24-52-57(51,53-25-27-31(47)37(2,39)33(55-27)43-22-20-29(45)41-35(43)49)54-26-28-32(48)38(3,40)34(56-28)44-23-21-30(46)42-36(44)50/h20-23,27-28,31-34,47-48H,4-19,24-26H2,1-3H3,(H,41,45,49)(H,42,46,50). The van der Waals surface area contributed by atoms with Crippen molar-refractivity contribution in [1.29, 1.82) is 0 Å². The smallest absolute Gasteiger partial charge is 0.387 e. The van der Waals surface area contributed by atoms with Crippen LogP contribution in [-0.2, 0) is 27.6 Å². The van der Waals surface area contributed by atoms with Crippen LogP contribution < -0.4 is 22.5 Å². The second-order valence-corrected chi connectivity index (χ2v) is 17.1. The number of rotatable bonds is 26. The Labute approximate surface area is 330 Å². The van der Waals surface area contributed by atoms with E-state index in [1.807, 2.05) is 9.97 Å². The minimum Gasteiger partial charge on any atom is -0.387 e. The van der Waals surface area contributed by atoms with Crippen LogP contribution in [0.25, 0.3) is 0 Å². The van der Waals surface area contributed by atoms with Crippen LogP contribution in [0.15, 0.2) is 43.7 Å². The van der Waals surface area contributed by atoms with Gasteiger partial charge in [0.2, 0.25) is 0 Å². The molecule has 8 atom stereocenters. The first kappa shape index (κ1) is 46.9. The van der Waals surface area contributed by atoms with Gasteiger partial charge < -0.3 is 19.7 Å². The average Bonchev–Trinajstić information content (AvgIpc) is 3.52. The van der Waals surface area contributed by atoms with Crippen LogP contribution in [0, 0.1) is 0 Å². The summed E-state index contributed by atoms with van der Waals surface area (Å²) in [7, 11) is -4.63. The predicted octanol–water partition coefficient (Wildman–Crippen LogP) is 5.48. The summed E-state index contributed by atoms with van der Waals surface area (Å²) in [5, 5.41) is 21.6. The largest absolute Gasteiger partial charge is 0.474 e. The maximum Gasteiger partial charge on any atom is 0.474 e. The van der Waals surface area contributed by atoms with Gasteiger partial charge in [0.05, 0.1) is 19.8 Å². The van der Waals surface area contributed by atoms with Crippen molar-refractivity contribution in [3.05, 3.63) is 66.2 Å². The van der Waals surface area contributed by atoms with Crippen LogP contribution in [0.3, 0.4) is 0 Å². The molecule has 0 amide bonds. The van der Waals surface area contributed by atoms with E-state index in [1.165, 1.54) is 70.6 Å². The van der Waals surface area contributed by atoms with Crippen molar-refractivity contribution in [3.8, 4) is 0 Å². The average molecular weight is 835 g/mol. The Kier molecular flexibility index (Phi) is 18.1. The third kappa shape index (κ3) is 13.1. The zero-order chi connectivity index (χ0) is 41.6. The maximum absolute atomic E-state index is 15.8. The van der Waals surface area contributed by atoms with Gasteiger partial charge in [-0.05, 0) is 20.3 Å². The molecule has 4 heterocycles. The first-order chi connectivity index (χ1) is 27.1. The number of alkyl halides is 2. The van der Waals surface area contributed by atoms with E-state index in [2.05, 4.69) is 6.92 Å². The van der Waals surface area contributed by atoms with Crippen LogP contribution in [0.5, 0.6) is 0 Å². The highest BCUT2D eigenvalue weighted by molar-refractivity contribution is 7.48. The van der Waals surface area contributed by atoms with Gasteiger partial charge in [-0.3, -0.25) is 42.3 Å². The molecule has 2 aromatic heterocycles. The monoisotopic (exact) mass is 834 g/mol. The van der Waals surface area contributed by atoms with Crippen molar-refractivity contribution in [2.24, 2.45) is 0 Å². The molecule has 2 fully saturated rings. The summed E-state index contributed by atoms with van der Waals surface area (Å²) in [5.41, 5.74) is -8.57. The summed E-state index contributed by atoms with van der Waals surface area (Å²) in [6.45, 7) is 2.60. The lowest BCUT2D eigenvalue weighted by atomic mass is 9.98. The van der Waals surface area contributed by atoms with E-state index >= 15 is 8.78 Å². The Morgan fingerprint density at radius 1 is 0.649 bits per heavy atom. The molecule has 0 radical (unpaired) electrons. The summed E-state index contributed by atoms with van der Waals surface area (Å²) in [5.74, 6) is 0. The Hall–Kier alpha value is -2.83. The third-order valence-electron chi connectivity index (χ3n) is 10.7. The lowest BCUT2D eigenvalue weighted by Gasteiger charge is -2.25. The molecule has 0 aliphatic carbocycles. The molecule has 2 aromatic rings. The molecular weight excluding hydrogens is 773 g/mol. The SMILES string of the molecule is CCCCCCCCCCCCCCCCCCOP(=O)(OCC1OC(n2ccc(=O)[nH]c2=O)C(C)(F)C1O)OCC1OC(n2ccc(=O)[nH]c2=O)C(C)(F)C1O. The number of nitrogens with one attached hydrogen (secondary N) is 2. The van der Waals surface area contributed by atoms with Crippen molar-refractivity contribution in [1.82, 2.24) is 19.1 Å². The quantitative estimate of drug-likeness (QED) is 0.0686. The number of aromatic amines is 2. The van der Waals surface area contributed by atoms with E-state index in [9.17, 15) is 34.0 Å². The molecule has 0 aromatic carbocycles. The molecule has 324 valence electrons. The normalized spacial score (nSPS) is 28.5. The number of hydrogen-bond donors (Lipinski definition) is 4. The van der Waals surface area contributed by atoms with E-state index in [1.54, 1.807) is 0 Å². The molecule has 19 heteroatoms. The summed E-state index contributed by atoms with van der Waals surface area (Å²) in [6, 6.07) is 1.96. The van der Waals surface area contributed by atoms with Gasteiger partial charge in [0.25, 0.3) is 11.1 Å². The van der Waals surface area contributed by atoms with Gasteiger partial charge in [-0.1, -0.05) is 103 Å². The fourth-order valence-corrected chi connectivity index (χ4v) is 8.43. The minimum atomic E-state index is -4.63. The molecule has 0 saturated carbocycles. The molecular formula is C38H61F2N4O12P. The number of aliphatic hydroxyl groups excluding tert-OH is 2. The number of phosphoric ester groups is 1. The number of aliphatic hydroxyl groups is 2. The van der Waals surface area contributed by atoms with Crippen molar-refractivity contribution < 1.29 is 46.6 Å². The highest BCUT2D eigenvalue weighted by atomic mass is 31.2. The zero-order valence-electron chi connectivity index (χ0n) is 33.3. The molecule has 4 rings (SSSR count). The summed E-state index contributed by atoms with van der Waals surface area (Å²) in [6.07, 6.45) is 10.2. The summed E-state index contributed by atoms with van der Waals surface area (Å²) >= 11 is 0. The second kappa shape index (κ2) is 22.0. The van der Waals surface area contributed by atoms with E-state index < -0.39 is 91.7 Å². The molecule has 57 heavy (non-hydrogen) atoms. The van der Waals surface area contributed by atoms with Crippen molar-refractivity contribution in [2.45, 2.75) is 172 Å². The summed E-state index contributed by atoms with van der Waals surface area (Å²) < 4.78 is 74.9. The van der Waals surface area contributed by atoms with Crippen LogP contribution in [-0.4, -0.2) is 84.9 Å². The van der Waals surface area contributed by atoms with Crippen LogP contribution in [0.2, 0.25) is 0 Å². The number of ether oxygens (including phenoxy) is 2. The first-order valence-corrected chi connectivity index (χ1v) is 21.8. The number of H-pyrrole nitrogens is 2. The van der Waals surface area contributed by atoms with E-state index in [-0.39, 0.29) is 6.61 Å².